The summed E-state index contributed by atoms with van der Waals surface area (Å²) in [6.45, 7) is 2.13. The summed E-state index contributed by atoms with van der Waals surface area (Å²) >= 11 is 7.61. The molecule has 1 N–H and O–H groups in total. The molecule has 0 aliphatic rings. The molecule has 0 saturated carbocycles. The number of nitrogens with one attached hydrogen (secondary N) is 1. The van der Waals surface area contributed by atoms with Gasteiger partial charge in [-0.15, -0.1) is 11.3 Å². The van der Waals surface area contributed by atoms with Crippen molar-refractivity contribution in [2.24, 2.45) is 0 Å². The molecule has 0 aliphatic carbocycles. The predicted molar refractivity (Wildman–Crippen MR) is 95.4 cm³/mol. The van der Waals surface area contributed by atoms with Gasteiger partial charge in [0.2, 0.25) is 0 Å². The standard InChI is InChI=1S/C17H16ClN3OS/c1-2-3-8-14-19-13-9-10-23-15(13)16(20-14)21-17(22)11-6-4-5-7-12(11)18/h4-7,9-10H,2-3,8H2,1H3,(H,19,20,21,22). The van der Waals surface area contributed by atoms with E-state index in [9.17, 15) is 4.79 Å². The number of hydrogen-bond acceptors (Lipinski definition) is 4. The average molecular weight is 346 g/mol. The fourth-order valence-corrected chi connectivity index (χ4v) is 3.26. The van der Waals surface area contributed by atoms with Gasteiger partial charge in [0.1, 0.15) is 5.82 Å². The Morgan fingerprint density at radius 2 is 2.09 bits per heavy atom. The summed E-state index contributed by atoms with van der Waals surface area (Å²) in [4.78, 5) is 21.6. The van der Waals surface area contributed by atoms with Gasteiger partial charge in [-0.2, -0.15) is 0 Å². The first kappa shape index (κ1) is 15.9. The van der Waals surface area contributed by atoms with Crippen LogP contribution in [-0.4, -0.2) is 15.9 Å². The Kier molecular flexibility index (Phi) is 4.88. The summed E-state index contributed by atoms with van der Waals surface area (Å²) in [6.07, 6.45) is 2.90. The lowest BCUT2D eigenvalue weighted by molar-refractivity contribution is 0.102. The van der Waals surface area contributed by atoms with Crippen LogP contribution >= 0.6 is 22.9 Å². The molecule has 3 rings (SSSR count). The lowest BCUT2D eigenvalue weighted by atomic mass is 10.2. The Morgan fingerprint density at radius 3 is 2.87 bits per heavy atom. The molecule has 1 amide bonds. The van der Waals surface area contributed by atoms with Crippen molar-refractivity contribution in [1.82, 2.24) is 9.97 Å². The van der Waals surface area contributed by atoms with Gasteiger partial charge in [0.25, 0.3) is 5.91 Å². The van der Waals surface area contributed by atoms with E-state index in [0.29, 0.717) is 16.4 Å². The second-order valence-electron chi connectivity index (χ2n) is 5.16. The monoisotopic (exact) mass is 345 g/mol. The highest BCUT2D eigenvalue weighted by molar-refractivity contribution is 7.17. The zero-order valence-electron chi connectivity index (χ0n) is 12.7. The van der Waals surface area contributed by atoms with Crippen molar-refractivity contribution in [3.05, 3.63) is 52.1 Å². The van der Waals surface area contributed by atoms with Gasteiger partial charge in [0, 0.05) is 6.42 Å². The van der Waals surface area contributed by atoms with Gasteiger partial charge in [-0.05, 0) is 30.0 Å². The molecule has 0 fully saturated rings. The Bertz CT molecular complexity index is 847. The third kappa shape index (κ3) is 3.51. The second-order valence-corrected chi connectivity index (χ2v) is 6.48. The maximum Gasteiger partial charge on any atom is 0.258 e. The van der Waals surface area contributed by atoms with Gasteiger partial charge in [-0.25, -0.2) is 9.97 Å². The number of aryl methyl sites for hydroxylation is 1. The summed E-state index contributed by atoms with van der Waals surface area (Å²) < 4.78 is 0.880. The van der Waals surface area contributed by atoms with Crippen LogP contribution in [0, 0.1) is 0 Å². The molecule has 23 heavy (non-hydrogen) atoms. The minimum atomic E-state index is -0.259. The zero-order chi connectivity index (χ0) is 16.2. The summed E-state index contributed by atoms with van der Waals surface area (Å²) in [5.74, 6) is 1.05. The number of hydrogen-bond donors (Lipinski definition) is 1. The number of halogens is 1. The van der Waals surface area contributed by atoms with E-state index in [1.807, 2.05) is 11.4 Å². The van der Waals surface area contributed by atoms with Gasteiger partial charge in [0.15, 0.2) is 5.82 Å². The number of thiophene rings is 1. The van der Waals surface area contributed by atoms with Crippen LogP contribution in [0.5, 0.6) is 0 Å². The minimum absolute atomic E-state index is 0.259. The molecule has 118 valence electrons. The van der Waals surface area contributed by atoms with Crippen molar-refractivity contribution in [2.45, 2.75) is 26.2 Å². The third-order valence-corrected chi connectivity index (χ3v) is 4.69. The van der Waals surface area contributed by atoms with Crippen LogP contribution in [0.4, 0.5) is 5.82 Å². The maximum absolute atomic E-state index is 12.5. The summed E-state index contributed by atoms with van der Waals surface area (Å²) in [5.41, 5.74) is 1.30. The average Bonchev–Trinajstić information content (AvgIpc) is 3.02. The SMILES string of the molecule is CCCCc1nc(NC(=O)c2ccccc2Cl)c2sccc2n1. The van der Waals surface area contributed by atoms with E-state index in [1.165, 1.54) is 11.3 Å². The number of amides is 1. The topological polar surface area (TPSA) is 54.9 Å². The molecule has 0 saturated heterocycles. The summed E-state index contributed by atoms with van der Waals surface area (Å²) in [6, 6.07) is 8.92. The maximum atomic E-state index is 12.5. The number of unbranched alkanes of at least 4 members (excludes halogenated alkanes) is 1. The Hall–Kier alpha value is -1.98. The molecule has 0 aliphatic heterocycles. The molecule has 3 aromatic rings. The van der Waals surface area contributed by atoms with E-state index in [4.69, 9.17) is 11.6 Å². The van der Waals surface area contributed by atoms with Crippen LogP contribution in [0.25, 0.3) is 10.2 Å². The first-order chi connectivity index (χ1) is 11.2. The number of carbonyl (C=O) groups excluding carboxylic acids is 1. The molecule has 0 bridgehead atoms. The molecule has 2 aromatic heterocycles. The van der Waals surface area contributed by atoms with Crippen molar-refractivity contribution in [3.63, 3.8) is 0 Å². The molecule has 1 aromatic carbocycles. The van der Waals surface area contributed by atoms with E-state index in [0.717, 1.165) is 35.3 Å². The predicted octanol–water partition coefficient (Wildman–Crippen LogP) is 4.94. The highest BCUT2D eigenvalue weighted by atomic mass is 35.5. The number of anilines is 1. The van der Waals surface area contributed by atoms with Crippen molar-refractivity contribution in [3.8, 4) is 0 Å². The lowest BCUT2D eigenvalue weighted by Crippen LogP contribution is -2.14. The van der Waals surface area contributed by atoms with Crippen LogP contribution in [0.1, 0.15) is 35.9 Å². The number of aromatic nitrogens is 2. The Balaban J connectivity index is 1.93. The van der Waals surface area contributed by atoms with Gasteiger partial charge < -0.3 is 5.32 Å². The molecule has 6 heteroatoms. The highest BCUT2D eigenvalue weighted by Crippen LogP contribution is 2.27. The van der Waals surface area contributed by atoms with Crippen LogP contribution < -0.4 is 5.32 Å². The van der Waals surface area contributed by atoms with E-state index < -0.39 is 0 Å². The highest BCUT2D eigenvalue weighted by Gasteiger charge is 2.15. The Labute approximate surface area is 143 Å². The number of carbonyl (C=O) groups is 1. The van der Waals surface area contributed by atoms with E-state index >= 15 is 0 Å². The van der Waals surface area contributed by atoms with Crippen molar-refractivity contribution in [2.75, 3.05) is 5.32 Å². The lowest BCUT2D eigenvalue weighted by Gasteiger charge is -2.08. The zero-order valence-corrected chi connectivity index (χ0v) is 14.2. The quantitative estimate of drug-likeness (QED) is 0.712. The van der Waals surface area contributed by atoms with Crippen LogP contribution in [0.2, 0.25) is 5.02 Å². The van der Waals surface area contributed by atoms with Gasteiger partial charge in [-0.1, -0.05) is 37.1 Å². The number of benzene rings is 1. The molecule has 0 unspecified atom stereocenters. The van der Waals surface area contributed by atoms with Crippen molar-refractivity contribution < 1.29 is 4.79 Å². The number of nitrogens with zero attached hydrogens (tertiary/aromatic N) is 2. The van der Waals surface area contributed by atoms with E-state index in [2.05, 4.69) is 22.2 Å². The molecule has 2 heterocycles. The number of rotatable bonds is 5. The molecular formula is C17H16ClN3OS. The van der Waals surface area contributed by atoms with Crippen LogP contribution in [-0.2, 0) is 6.42 Å². The largest absolute Gasteiger partial charge is 0.305 e. The van der Waals surface area contributed by atoms with E-state index in [-0.39, 0.29) is 5.91 Å². The van der Waals surface area contributed by atoms with Gasteiger partial charge in [-0.3, -0.25) is 4.79 Å². The third-order valence-electron chi connectivity index (χ3n) is 3.45. The van der Waals surface area contributed by atoms with Crippen LogP contribution in [0.15, 0.2) is 35.7 Å². The smallest absolute Gasteiger partial charge is 0.258 e. The molecule has 0 atom stereocenters. The fraction of sp³-hybridized carbons (Fsp3) is 0.235. The molecule has 0 spiro atoms. The van der Waals surface area contributed by atoms with E-state index in [1.54, 1.807) is 24.3 Å². The van der Waals surface area contributed by atoms with Gasteiger partial charge >= 0.3 is 0 Å². The number of fused-ring (bicyclic) bond motifs is 1. The summed E-state index contributed by atoms with van der Waals surface area (Å²) in [7, 11) is 0. The molecule has 4 nitrogen and oxygen atoms in total. The first-order valence-corrected chi connectivity index (χ1v) is 8.74. The first-order valence-electron chi connectivity index (χ1n) is 7.49. The second kappa shape index (κ2) is 7.06. The van der Waals surface area contributed by atoms with Crippen LogP contribution in [0.3, 0.4) is 0 Å². The summed E-state index contributed by atoms with van der Waals surface area (Å²) in [5, 5.41) is 5.26. The van der Waals surface area contributed by atoms with Crippen molar-refractivity contribution in [1.29, 1.82) is 0 Å². The molecular weight excluding hydrogens is 330 g/mol. The normalized spacial score (nSPS) is 10.9. The fourth-order valence-electron chi connectivity index (χ4n) is 2.26. The minimum Gasteiger partial charge on any atom is -0.305 e. The molecule has 0 radical (unpaired) electrons. The van der Waals surface area contributed by atoms with Crippen molar-refractivity contribution >= 4 is 44.9 Å². The Morgan fingerprint density at radius 1 is 1.26 bits per heavy atom. The van der Waals surface area contributed by atoms with Gasteiger partial charge in [0.05, 0.1) is 20.8 Å².